The molecule has 0 fully saturated rings. The molecule has 192 valence electrons. The van der Waals surface area contributed by atoms with Crippen LogP contribution < -0.4 is 14.8 Å². The number of aryl methyl sites for hydroxylation is 1. The number of amides is 1. The summed E-state index contributed by atoms with van der Waals surface area (Å²) in [6.45, 7) is 7.24. The fraction of sp³-hybridized carbons (Fsp3) is 0.357. The lowest BCUT2D eigenvalue weighted by Crippen LogP contribution is -2.15. The molecule has 0 saturated carbocycles. The van der Waals surface area contributed by atoms with E-state index in [1.165, 1.54) is 11.3 Å². The molecule has 0 aliphatic rings. The quantitative estimate of drug-likeness (QED) is 0.169. The van der Waals surface area contributed by atoms with E-state index in [2.05, 4.69) is 28.2 Å². The highest BCUT2D eigenvalue weighted by Gasteiger charge is 2.23. The molecule has 0 radical (unpaired) electrons. The number of carbonyl (C=O) groups is 2. The molecule has 36 heavy (non-hydrogen) atoms. The average molecular weight is 575 g/mol. The van der Waals surface area contributed by atoms with E-state index >= 15 is 0 Å². The number of esters is 1. The van der Waals surface area contributed by atoms with E-state index < -0.39 is 5.97 Å². The minimum Gasteiger partial charge on any atom is -0.490 e. The first-order valence-corrected chi connectivity index (χ1v) is 13.9. The Hall–Kier alpha value is -2.84. The van der Waals surface area contributed by atoms with E-state index in [0.717, 1.165) is 39.8 Å². The minimum atomic E-state index is -0.452. The number of nitrogens with one attached hydrogen (secondary N) is 1. The van der Waals surface area contributed by atoms with Crippen LogP contribution in [0.25, 0.3) is 11.1 Å². The summed E-state index contributed by atoms with van der Waals surface area (Å²) in [6.07, 6.45) is 2.83. The van der Waals surface area contributed by atoms with Crippen LogP contribution in [0.5, 0.6) is 11.5 Å². The number of thiophene rings is 1. The van der Waals surface area contributed by atoms with Gasteiger partial charge in [-0.25, -0.2) is 4.79 Å². The Morgan fingerprint density at radius 1 is 0.972 bits per heavy atom. The molecular formula is C28H32BrNO5S. The van der Waals surface area contributed by atoms with Gasteiger partial charge in [0, 0.05) is 21.8 Å². The summed E-state index contributed by atoms with van der Waals surface area (Å²) in [5.41, 5.74) is 2.97. The summed E-state index contributed by atoms with van der Waals surface area (Å²) in [5, 5.41) is 5.28. The molecule has 0 aliphatic carbocycles. The molecule has 3 rings (SSSR count). The van der Waals surface area contributed by atoms with Crippen molar-refractivity contribution in [3.05, 3.63) is 63.4 Å². The number of benzene rings is 2. The molecular weight excluding hydrogens is 542 g/mol. The zero-order valence-electron chi connectivity index (χ0n) is 20.9. The van der Waals surface area contributed by atoms with Gasteiger partial charge < -0.3 is 19.5 Å². The third kappa shape index (κ3) is 7.58. The maximum atomic E-state index is 12.8. The molecule has 0 aliphatic heterocycles. The first-order valence-electron chi connectivity index (χ1n) is 12.2. The highest BCUT2D eigenvalue weighted by Crippen LogP contribution is 2.37. The number of ether oxygens (including phenoxy) is 3. The highest BCUT2D eigenvalue weighted by atomic mass is 79.9. The summed E-state index contributed by atoms with van der Waals surface area (Å²) >= 11 is 4.75. The van der Waals surface area contributed by atoms with Crippen molar-refractivity contribution < 1.29 is 23.8 Å². The van der Waals surface area contributed by atoms with Crippen LogP contribution in [0.1, 0.15) is 56.0 Å². The molecule has 1 aromatic heterocycles. The maximum absolute atomic E-state index is 12.8. The maximum Gasteiger partial charge on any atom is 0.341 e. The van der Waals surface area contributed by atoms with Gasteiger partial charge in [-0.3, -0.25) is 4.79 Å². The second-order valence-electron chi connectivity index (χ2n) is 8.05. The number of unbranched alkanes of at least 4 members (excludes halogenated alkanes) is 1. The Balaban J connectivity index is 1.71. The Bertz CT molecular complexity index is 1160. The summed E-state index contributed by atoms with van der Waals surface area (Å²) in [4.78, 5) is 25.6. The van der Waals surface area contributed by atoms with Gasteiger partial charge in [0.05, 0.1) is 19.8 Å². The van der Waals surface area contributed by atoms with Crippen LogP contribution in [0.15, 0.2) is 52.3 Å². The lowest BCUT2D eigenvalue weighted by atomic mass is 10.0. The van der Waals surface area contributed by atoms with Crippen molar-refractivity contribution >= 4 is 44.1 Å². The summed E-state index contributed by atoms with van der Waals surface area (Å²) in [5.74, 6) is 0.781. The molecule has 3 aromatic rings. The average Bonchev–Trinajstić information content (AvgIpc) is 3.28. The van der Waals surface area contributed by atoms with Gasteiger partial charge >= 0.3 is 5.97 Å². The number of anilines is 1. The molecule has 8 heteroatoms. The number of hydrogen-bond acceptors (Lipinski definition) is 6. The molecule has 2 aromatic carbocycles. The predicted octanol–water partition coefficient (Wildman–Crippen LogP) is 7.50. The number of rotatable bonds is 13. The van der Waals surface area contributed by atoms with Crippen LogP contribution >= 0.6 is 27.3 Å². The standard InChI is InChI=1S/C28H32BrNO5S/c1-4-7-16-35-23-14-8-19(17-24(23)33-5-2)9-15-25(31)30-27-26(28(32)34-6-3)22(18-36-27)20-10-12-21(29)13-11-20/h8,10-14,17-18H,4-7,9,15-16H2,1-3H3,(H,30,31). The van der Waals surface area contributed by atoms with Crippen molar-refractivity contribution in [2.24, 2.45) is 0 Å². The summed E-state index contributed by atoms with van der Waals surface area (Å²) in [6, 6.07) is 13.5. The van der Waals surface area contributed by atoms with Gasteiger partial charge in [0.15, 0.2) is 11.5 Å². The van der Waals surface area contributed by atoms with Gasteiger partial charge in [-0.15, -0.1) is 11.3 Å². The zero-order chi connectivity index (χ0) is 25.9. The first-order chi connectivity index (χ1) is 17.5. The molecule has 0 unspecified atom stereocenters. The fourth-order valence-electron chi connectivity index (χ4n) is 3.57. The Morgan fingerprint density at radius 3 is 2.44 bits per heavy atom. The molecule has 1 amide bonds. The van der Waals surface area contributed by atoms with Crippen molar-refractivity contribution in [2.75, 3.05) is 25.1 Å². The Kier molecular flexibility index (Phi) is 10.8. The number of hydrogen-bond donors (Lipinski definition) is 1. The van der Waals surface area contributed by atoms with Crippen molar-refractivity contribution in [1.82, 2.24) is 0 Å². The second-order valence-corrected chi connectivity index (χ2v) is 9.84. The van der Waals surface area contributed by atoms with Gasteiger partial charge in [-0.1, -0.05) is 47.5 Å². The van der Waals surface area contributed by atoms with E-state index in [4.69, 9.17) is 14.2 Å². The normalized spacial score (nSPS) is 10.7. The molecule has 6 nitrogen and oxygen atoms in total. The molecule has 0 spiro atoms. The van der Waals surface area contributed by atoms with Crippen molar-refractivity contribution in [2.45, 2.75) is 46.5 Å². The van der Waals surface area contributed by atoms with E-state index in [1.807, 2.05) is 54.8 Å². The molecule has 1 heterocycles. The van der Waals surface area contributed by atoms with Crippen LogP contribution in [0.4, 0.5) is 5.00 Å². The van der Waals surface area contributed by atoms with Gasteiger partial charge in [-0.05, 0) is 62.1 Å². The SMILES string of the molecule is CCCCOc1ccc(CCC(=O)Nc2scc(-c3ccc(Br)cc3)c2C(=O)OCC)cc1OCC. The topological polar surface area (TPSA) is 73.9 Å². The molecule has 1 N–H and O–H groups in total. The van der Waals surface area contributed by atoms with Crippen LogP contribution in [-0.4, -0.2) is 31.7 Å². The number of halogens is 1. The summed E-state index contributed by atoms with van der Waals surface area (Å²) in [7, 11) is 0. The van der Waals surface area contributed by atoms with E-state index in [1.54, 1.807) is 6.92 Å². The Labute approximate surface area is 225 Å². The fourth-order valence-corrected chi connectivity index (χ4v) is 4.80. The van der Waals surface area contributed by atoms with Crippen LogP contribution in [0.2, 0.25) is 0 Å². The molecule has 0 atom stereocenters. The highest BCUT2D eigenvalue weighted by molar-refractivity contribution is 9.10. The van der Waals surface area contributed by atoms with Crippen LogP contribution in [-0.2, 0) is 16.0 Å². The monoisotopic (exact) mass is 573 g/mol. The predicted molar refractivity (Wildman–Crippen MR) is 148 cm³/mol. The van der Waals surface area contributed by atoms with Gasteiger partial charge in [0.1, 0.15) is 10.6 Å². The lowest BCUT2D eigenvalue weighted by Gasteiger charge is -2.13. The first kappa shape index (κ1) is 27.7. The van der Waals surface area contributed by atoms with Crippen molar-refractivity contribution in [3.63, 3.8) is 0 Å². The third-order valence-electron chi connectivity index (χ3n) is 5.38. The van der Waals surface area contributed by atoms with Gasteiger partial charge in [-0.2, -0.15) is 0 Å². The van der Waals surface area contributed by atoms with E-state index in [0.29, 0.717) is 35.9 Å². The van der Waals surface area contributed by atoms with Gasteiger partial charge in [0.25, 0.3) is 0 Å². The largest absolute Gasteiger partial charge is 0.490 e. The third-order valence-corrected chi connectivity index (χ3v) is 6.81. The van der Waals surface area contributed by atoms with Crippen LogP contribution in [0, 0.1) is 0 Å². The Morgan fingerprint density at radius 2 is 1.75 bits per heavy atom. The molecule has 0 saturated heterocycles. The van der Waals surface area contributed by atoms with Crippen LogP contribution in [0.3, 0.4) is 0 Å². The van der Waals surface area contributed by atoms with E-state index in [-0.39, 0.29) is 18.9 Å². The summed E-state index contributed by atoms with van der Waals surface area (Å²) < 4.78 is 17.8. The van der Waals surface area contributed by atoms with Crippen molar-refractivity contribution in [1.29, 1.82) is 0 Å². The lowest BCUT2D eigenvalue weighted by molar-refractivity contribution is -0.116. The van der Waals surface area contributed by atoms with E-state index in [9.17, 15) is 9.59 Å². The second kappa shape index (κ2) is 14.0. The van der Waals surface area contributed by atoms with Gasteiger partial charge in [0.2, 0.25) is 5.91 Å². The zero-order valence-corrected chi connectivity index (χ0v) is 23.3. The number of carbonyl (C=O) groups excluding carboxylic acids is 2. The molecule has 0 bridgehead atoms. The smallest absolute Gasteiger partial charge is 0.341 e. The minimum absolute atomic E-state index is 0.175. The van der Waals surface area contributed by atoms with Crippen molar-refractivity contribution in [3.8, 4) is 22.6 Å².